The lowest BCUT2D eigenvalue weighted by Crippen LogP contribution is -2.13. The number of primary amides is 1. The minimum absolute atomic E-state index is 0.179. The van der Waals surface area contributed by atoms with Gasteiger partial charge in [0.05, 0.1) is 12.6 Å². The molecule has 6 heteroatoms. The molecule has 0 unspecified atom stereocenters. The predicted molar refractivity (Wildman–Crippen MR) is 114 cm³/mol. The monoisotopic (exact) mass is 401 g/mol. The van der Waals surface area contributed by atoms with E-state index in [4.69, 9.17) is 10.5 Å². The van der Waals surface area contributed by atoms with Crippen molar-refractivity contribution in [2.45, 2.75) is 12.8 Å². The summed E-state index contributed by atoms with van der Waals surface area (Å²) < 4.78 is 18.4. The highest BCUT2D eigenvalue weighted by Crippen LogP contribution is 2.30. The first-order chi connectivity index (χ1) is 14.5. The van der Waals surface area contributed by atoms with Crippen LogP contribution in [0.25, 0.3) is 22.0 Å². The second kappa shape index (κ2) is 8.29. The quantitative estimate of drug-likeness (QED) is 0.522. The van der Waals surface area contributed by atoms with Crippen LogP contribution < -0.4 is 10.5 Å². The van der Waals surface area contributed by atoms with Gasteiger partial charge in [0.2, 0.25) is 5.88 Å². The summed E-state index contributed by atoms with van der Waals surface area (Å²) >= 11 is 0. The van der Waals surface area contributed by atoms with Gasteiger partial charge in [0.15, 0.2) is 0 Å². The lowest BCUT2D eigenvalue weighted by Gasteiger charge is -2.11. The fourth-order valence-corrected chi connectivity index (χ4v) is 3.39. The number of hydrogen-bond donors (Lipinski definition) is 1. The van der Waals surface area contributed by atoms with Gasteiger partial charge in [-0.15, -0.1) is 0 Å². The van der Waals surface area contributed by atoms with Crippen molar-refractivity contribution in [1.82, 2.24) is 9.97 Å². The van der Waals surface area contributed by atoms with Crippen LogP contribution in [-0.4, -0.2) is 23.0 Å². The normalized spacial score (nSPS) is 10.9. The molecule has 0 radical (unpaired) electrons. The Balaban J connectivity index is 1.68. The smallest absolute Gasteiger partial charge is 0.267 e. The van der Waals surface area contributed by atoms with E-state index in [1.54, 1.807) is 31.5 Å². The van der Waals surface area contributed by atoms with Crippen molar-refractivity contribution < 1.29 is 13.9 Å². The Morgan fingerprint density at radius 1 is 1.00 bits per heavy atom. The predicted octanol–water partition coefficient (Wildman–Crippen LogP) is 4.33. The van der Waals surface area contributed by atoms with Crippen molar-refractivity contribution in [3.05, 3.63) is 89.5 Å². The number of nitrogens with two attached hydrogens (primary N) is 1. The molecule has 1 amide bonds. The lowest BCUT2D eigenvalue weighted by molar-refractivity contribution is 0.0996. The Labute approximate surface area is 173 Å². The van der Waals surface area contributed by atoms with Crippen molar-refractivity contribution in [3.63, 3.8) is 0 Å². The molecule has 150 valence electrons. The topological polar surface area (TPSA) is 78.1 Å². The Morgan fingerprint density at radius 3 is 2.40 bits per heavy atom. The van der Waals surface area contributed by atoms with E-state index in [1.165, 1.54) is 12.1 Å². The summed E-state index contributed by atoms with van der Waals surface area (Å²) in [6.07, 6.45) is 3.40. The van der Waals surface area contributed by atoms with E-state index in [0.29, 0.717) is 11.4 Å². The molecule has 0 atom stereocenters. The second-order valence-electron chi connectivity index (χ2n) is 6.99. The summed E-state index contributed by atoms with van der Waals surface area (Å²) in [6, 6.07) is 17.6. The molecule has 30 heavy (non-hydrogen) atoms. The van der Waals surface area contributed by atoms with Crippen LogP contribution in [-0.2, 0) is 12.8 Å². The van der Waals surface area contributed by atoms with Gasteiger partial charge in [-0.25, -0.2) is 14.4 Å². The number of nitrogens with zero attached hydrogens (tertiary/aromatic N) is 2. The van der Waals surface area contributed by atoms with Crippen molar-refractivity contribution in [3.8, 4) is 17.0 Å². The van der Waals surface area contributed by atoms with E-state index in [9.17, 15) is 9.18 Å². The van der Waals surface area contributed by atoms with Crippen molar-refractivity contribution in [2.75, 3.05) is 7.11 Å². The first kappa shape index (κ1) is 19.5. The summed E-state index contributed by atoms with van der Waals surface area (Å²) in [5, 5.41) is 0.876. The first-order valence-electron chi connectivity index (χ1n) is 9.52. The number of halogens is 1. The fraction of sp³-hybridized carbons (Fsp3) is 0.125. The molecule has 0 fully saturated rings. The SMILES string of the molecule is COc1ccc(CCc2ccc3c(-c4ccc(F)cc4)cc(C(N)=O)nc3c2)cn1. The third-order valence-corrected chi connectivity index (χ3v) is 4.99. The summed E-state index contributed by atoms with van der Waals surface area (Å²) in [6.45, 7) is 0. The second-order valence-corrected chi connectivity index (χ2v) is 6.99. The molecule has 0 aliphatic heterocycles. The zero-order valence-electron chi connectivity index (χ0n) is 16.4. The van der Waals surface area contributed by atoms with Gasteiger partial charge < -0.3 is 10.5 Å². The van der Waals surface area contributed by atoms with E-state index in [-0.39, 0.29) is 11.5 Å². The highest BCUT2D eigenvalue weighted by Gasteiger charge is 2.12. The molecule has 0 saturated carbocycles. The van der Waals surface area contributed by atoms with Gasteiger partial charge in [-0.3, -0.25) is 4.79 Å². The molecular formula is C24H20FN3O2. The zero-order chi connectivity index (χ0) is 21.1. The van der Waals surface area contributed by atoms with Crippen LogP contribution in [0, 0.1) is 5.82 Å². The number of ether oxygens (including phenoxy) is 1. The Morgan fingerprint density at radius 2 is 1.73 bits per heavy atom. The van der Waals surface area contributed by atoms with Crippen molar-refractivity contribution in [2.24, 2.45) is 5.73 Å². The molecule has 5 nitrogen and oxygen atoms in total. The van der Waals surface area contributed by atoms with E-state index >= 15 is 0 Å². The number of carbonyl (C=O) groups excluding carboxylic acids is 1. The van der Waals surface area contributed by atoms with Gasteiger partial charge in [-0.2, -0.15) is 0 Å². The molecule has 0 aliphatic rings. The van der Waals surface area contributed by atoms with Gasteiger partial charge in [0, 0.05) is 17.6 Å². The Hall–Kier alpha value is -3.80. The number of aromatic nitrogens is 2. The van der Waals surface area contributed by atoms with E-state index in [1.807, 2.05) is 30.3 Å². The number of fused-ring (bicyclic) bond motifs is 1. The van der Waals surface area contributed by atoms with Gasteiger partial charge >= 0.3 is 0 Å². The number of pyridine rings is 2. The van der Waals surface area contributed by atoms with E-state index in [0.717, 1.165) is 40.5 Å². The minimum Gasteiger partial charge on any atom is -0.481 e. The average molecular weight is 401 g/mol. The molecule has 2 aromatic carbocycles. The third kappa shape index (κ3) is 4.12. The van der Waals surface area contributed by atoms with Crippen molar-refractivity contribution in [1.29, 1.82) is 0 Å². The number of methoxy groups -OCH3 is 1. The largest absolute Gasteiger partial charge is 0.481 e. The summed E-state index contributed by atoms with van der Waals surface area (Å²) in [7, 11) is 1.59. The minimum atomic E-state index is -0.602. The van der Waals surface area contributed by atoms with Gasteiger partial charge in [0.25, 0.3) is 5.91 Å². The van der Waals surface area contributed by atoms with E-state index in [2.05, 4.69) is 9.97 Å². The number of rotatable bonds is 6. The Kier molecular flexibility index (Phi) is 5.39. The maximum absolute atomic E-state index is 13.3. The highest BCUT2D eigenvalue weighted by atomic mass is 19.1. The average Bonchev–Trinajstić information content (AvgIpc) is 2.77. The maximum Gasteiger partial charge on any atom is 0.267 e. The fourth-order valence-electron chi connectivity index (χ4n) is 3.39. The van der Waals surface area contributed by atoms with Crippen LogP contribution in [0.1, 0.15) is 21.6 Å². The van der Waals surface area contributed by atoms with Crippen LogP contribution in [0.3, 0.4) is 0 Å². The van der Waals surface area contributed by atoms with Crippen LogP contribution in [0.15, 0.2) is 66.9 Å². The molecule has 2 N–H and O–H groups in total. The van der Waals surface area contributed by atoms with Gasteiger partial charge in [0.1, 0.15) is 11.5 Å². The molecule has 4 rings (SSSR count). The summed E-state index contributed by atoms with van der Waals surface area (Å²) in [5.74, 6) is -0.335. The number of carbonyl (C=O) groups is 1. The molecule has 4 aromatic rings. The molecule has 2 heterocycles. The molecule has 0 saturated heterocycles. The maximum atomic E-state index is 13.3. The molecule has 0 bridgehead atoms. The molecular weight excluding hydrogens is 381 g/mol. The van der Waals surface area contributed by atoms with Crippen LogP contribution in [0.2, 0.25) is 0 Å². The molecule has 0 aliphatic carbocycles. The van der Waals surface area contributed by atoms with Gasteiger partial charge in [-0.1, -0.05) is 30.3 Å². The first-order valence-corrected chi connectivity index (χ1v) is 9.52. The zero-order valence-corrected chi connectivity index (χ0v) is 16.4. The highest BCUT2D eigenvalue weighted by molar-refractivity contribution is 6.00. The number of benzene rings is 2. The van der Waals surface area contributed by atoms with E-state index < -0.39 is 5.91 Å². The number of amides is 1. The van der Waals surface area contributed by atoms with Crippen molar-refractivity contribution >= 4 is 16.8 Å². The Bertz CT molecular complexity index is 1210. The molecule has 2 aromatic heterocycles. The summed E-state index contributed by atoms with van der Waals surface area (Å²) in [5.41, 5.74) is 10.1. The number of hydrogen-bond acceptors (Lipinski definition) is 4. The van der Waals surface area contributed by atoms with Crippen LogP contribution in [0.5, 0.6) is 5.88 Å². The standard InChI is InChI=1S/C24H20FN3O2/c1-30-23-11-5-16(14-27-23)3-2-15-4-10-19-20(17-6-8-18(25)9-7-17)13-22(24(26)29)28-21(19)12-15/h4-14H,2-3H2,1H3,(H2,26,29). The summed E-state index contributed by atoms with van der Waals surface area (Å²) in [4.78, 5) is 20.5. The van der Waals surface area contributed by atoms with Crippen LogP contribution in [0.4, 0.5) is 4.39 Å². The van der Waals surface area contributed by atoms with Gasteiger partial charge in [-0.05, 0) is 59.4 Å². The lowest BCUT2D eigenvalue weighted by atomic mass is 9.97. The number of aryl methyl sites for hydroxylation is 2. The molecule has 0 spiro atoms. The van der Waals surface area contributed by atoms with Crippen LogP contribution >= 0.6 is 0 Å². The third-order valence-electron chi connectivity index (χ3n) is 4.99.